The molecule has 0 aliphatic heterocycles. The molecular formula is C43H40. The van der Waals surface area contributed by atoms with Crippen LogP contribution in [0.2, 0.25) is 0 Å². The van der Waals surface area contributed by atoms with Crippen molar-refractivity contribution in [1.82, 2.24) is 0 Å². The molecule has 212 valence electrons. The highest BCUT2D eigenvalue weighted by atomic mass is 14.2. The molecule has 43 heavy (non-hydrogen) atoms. The topological polar surface area (TPSA) is 0 Å². The third-order valence-corrected chi connectivity index (χ3v) is 7.74. The zero-order chi connectivity index (χ0) is 29.9. The van der Waals surface area contributed by atoms with Crippen molar-refractivity contribution in [3.63, 3.8) is 0 Å². The summed E-state index contributed by atoms with van der Waals surface area (Å²) in [7, 11) is 0. The van der Waals surface area contributed by atoms with E-state index in [0.717, 1.165) is 24.8 Å². The van der Waals surface area contributed by atoms with Crippen molar-refractivity contribution in [3.05, 3.63) is 198 Å². The van der Waals surface area contributed by atoms with E-state index in [-0.39, 0.29) is 0 Å². The minimum absolute atomic E-state index is 0.811. The van der Waals surface area contributed by atoms with Crippen molar-refractivity contribution in [3.8, 4) is 22.3 Å². The van der Waals surface area contributed by atoms with Gasteiger partial charge in [0.2, 0.25) is 0 Å². The summed E-state index contributed by atoms with van der Waals surface area (Å²) < 4.78 is 0. The number of hydrogen-bond donors (Lipinski definition) is 0. The van der Waals surface area contributed by atoms with Gasteiger partial charge >= 0.3 is 0 Å². The molecule has 0 unspecified atom stereocenters. The minimum atomic E-state index is 0.811. The minimum Gasteiger partial charge on any atom is -0.0955 e. The van der Waals surface area contributed by atoms with Crippen molar-refractivity contribution in [2.45, 2.75) is 33.1 Å². The average molecular weight is 557 g/mol. The van der Waals surface area contributed by atoms with Gasteiger partial charge in [-0.2, -0.15) is 0 Å². The fourth-order valence-electron chi connectivity index (χ4n) is 5.66. The quantitative estimate of drug-likeness (QED) is 0.170. The van der Waals surface area contributed by atoms with Gasteiger partial charge in [0, 0.05) is 0 Å². The standard InChI is InChI=1S/C43H40/c1-4-18-42(34(3)29-33(2)19-17-22-35-20-9-5-10-21-35)43(38-27-15-8-16-28-38)41-31-39(36-23-11-6-12-24-36)30-40(32-41)37-25-13-7-14-26-37/h4-21,23-27,30-32H,2,22,28-29H2,1,3H3/b18-4-,19-17-,42-34-,43-38-. The lowest BCUT2D eigenvalue weighted by molar-refractivity contribution is 1.13. The van der Waals surface area contributed by atoms with Gasteiger partial charge in [-0.3, -0.25) is 0 Å². The molecule has 0 nitrogen and oxygen atoms in total. The molecule has 4 aromatic carbocycles. The van der Waals surface area contributed by atoms with E-state index in [1.807, 2.05) is 0 Å². The average Bonchev–Trinajstić information content (AvgIpc) is 3.06. The van der Waals surface area contributed by atoms with Crippen LogP contribution in [0.4, 0.5) is 0 Å². The highest BCUT2D eigenvalue weighted by Crippen LogP contribution is 2.39. The first-order valence-corrected chi connectivity index (χ1v) is 15.2. The fraction of sp³-hybridized carbons (Fsp3) is 0.116. The summed E-state index contributed by atoms with van der Waals surface area (Å²) >= 11 is 0. The summed E-state index contributed by atoms with van der Waals surface area (Å²) in [5.41, 5.74) is 13.7. The van der Waals surface area contributed by atoms with Crippen molar-refractivity contribution < 1.29 is 0 Å². The van der Waals surface area contributed by atoms with Gasteiger partial charge in [0.05, 0.1) is 0 Å². The van der Waals surface area contributed by atoms with Crippen LogP contribution in [0.3, 0.4) is 0 Å². The van der Waals surface area contributed by atoms with Gasteiger partial charge in [-0.05, 0) is 101 Å². The SMILES string of the molecule is C=C(/C=C\Cc1ccccc1)C/C(C)=C(/C=C\C)C(=C1\C=CC=CC1)\c1cc(-c2ccccc2)cc(-c2ccccc2)c1. The number of hydrogen-bond acceptors (Lipinski definition) is 0. The molecule has 0 atom stereocenters. The Bertz CT molecular complexity index is 1660. The van der Waals surface area contributed by atoms with Crippen LogP contribution < -0.4 is 0 Å². The summed E-state index contributed by atoms with van der Waals surface area (Å²) in [5.74, 6) is 0. The van der Waals surface area contributed by atoms with Crippen molar-refractivity contribution >= 4 is 5.57 Å². The van der Waals surface area contributed by atoms with Gasteiger partial charge in [0.25, 0.3) is 0 Å². The van der Waals surface area contributed by atoms with Gasteiger partial charge in [0.1, 0.15) is 0 Å². The molecule has 0 saturated carbocycles. The molecule has 0 heteroatoms. The predicted octanol–water partition coefficient (Wildman–Crippen LogP) is 11.9. The Balaban J connectivity index is 1.61. The Kier molecular flexibility index (Phi) is 10.2. The lowest BCUT2D eigenvalue weighted by Crippen LogP contribution is -2.00. The van der Waals surface area contributed by atoms with Crippen molar-refractivity contribution in [2.75, 3.05) is 0 Å². The molecule has 0 aromatic heterocycles. The van der Waals surface area contributed by atoms with Crippen LogP contribution in [0.5, 0.6) is 0 Å². The largest absolute Gasteiger partial charge is 0.0955 e. The second kappa shape index (κ2) is 14.8. The fourth-order valence-corrected chi connectivity index (χ4v) is 5.66. The smallest absolute Gasteiger partial charge is 0.00666 e. The van der Waals surface area contributed by atoms with Crippen LogP contribution in [0, 0.1) is 0 Å². The molecule has 0 bridgehead atoms. The summed E-state index contributed by atoms with van der Waals surface area (Å²) in [4.78, 5) is 0. The molecular weight excluding hydrogens is 516 g/mol. The predicted molar refractivity (Wildman–Crippen MR) is 188 cm³/mol. The molecule has 0 radical (unpaired) electrons. The molecule has 0 amide bonds. The number of allylic oxidation sites excluding steroid dienone is 13. The summed E-state index contributed by atoms with van der Waals surface area (Å²) in [6.45, 7) is 8.80. The molecule has 0 spiro atoms. The van der Waals surface area contributed by atoms with Crippen molar-refractivity contribution in [1.29, 1.82) is 0 Å². The number of rotatable bonds is 10. The zero-order valence-corrected chi connectivity index (χ0v) is 25.3. The number of benzene rings is 4. The highest BCUT2D eigenvalue weighted by Gasteiger charge is 2.17. The zero-order valence-electron chi connectivity index (χ0n) is 25.3. The van der Waals surface area contributed by atoms with Gasteiger partial charge in [-0.1, -0.05) is 157 Å². The van der Waals surface area contributed by atoms with E-state index in [2.05, 4.69) is 178 Å². The Labute approximate surface area is 258 Å². The van der Waals surface area contributed by atoms with Gasteiger partial charge in [-0.25, -0.2) is 0 Å². The molecule has 4 aromatic rings. The summed E-state index contributed by atoms with van der Waals surface area (Å²) in [5, 5.41) is 0. The molecule has 5 rings (SSSR count). The molecule has 0 fully saturated rings. The van der Waals surface area contributed by atoms with Crippen LogP contribution >= 0.6 is 0 Å². The van der Waals surface area contributed by atoms with E-state index in [9.17, 15) is 0 Å². The first-order valence-electron chi connectivity index (χ1n) is 15.2. The lowest BCUT2D eigenvalue weighted by Gasteiger charge is -2.21. The second-order valence-corrected chi connectivity index (χ2v) is 11.0. The highest BCUT2D eigenvalue weighted by molar-refractivity contribution is 5.90. The van der Waals surface area contributed by atoms with Crippen molar-refractivity contribution in [2.24, 2.45) is 0 Å². The third kappa shape index (κ3) is 7.87. The van der Waals surface area contributed by atoms with E-state index in [1.54, 1.807) is 0 Å². The lowest BCUT2D eigenvalue weighted by atomic mass is 9.83. The van der Waals surface area contributed by atoms with Crippen LogP contribution in [-0.2, 0) is 6.42 Å². The maximum Gasteiger partial charge on any atom is -0.00666 e. The molecule has 0 heterocycles. The maximum atomic E-state index is 4.43. The van der Waals surface area contributed by atoms with Crippen LogP contribution in [0.1, 0.15) is 37.8 Å². The Morgan fingerprint density at radius 3 is 1.88 bits per heavy atom. The summed E-state index contributed by atoms with van der Waals surface area (Å²) in [6.07, 6.45) is 20.3. The maximum absolute atomic E-state index is 4.43. The van der Waals surface area contributed by atoms with Gasteiger partial charge < -0.3 is 0 Å². The van der Waals surface area contributed by atoms with E-state index >= 15 is 0 Å². The van der Waals surface area contributed by atoms with E-state index in [1.165, 1.54) is 55.7 Å². The van der Waals surface area contributed by atoms with Crippen LogP contribution in [0.15, 0.2) is 187 Å². The monoisotopic (exact) mass is 556 g/mol. The second-order valence-electron chi connectivity index (χ2n) is 11.0. The van der Waals surface area contributed by atoms with E-state index < -0.39 is 0 Å². The first-order chi connectivity index (χ1) is 21.1. The third-order valence-electron chi connectivity index (χ3n) is 7.74. The molecule has 1 aliphatic rings. The Morgan fingerprint density at radius 1 is 0.721 bits per heavy atom. The first kappa shape index (κ1) is 29.5. The molecule has 0 N–H and O–H groups in total. The molecule has 0 saturated heterocycles. The summed E-state index contributed by atoms with van der Waals surface area (Å²) in [6, 6.07) is 39.0. The normalized spacial score (nSPS) is 14.7. The van der Waals surface area contributed by atoms with Crippen LogP contribution in [-0.4, -0.2) is 0 Å². The van der Waals surface area contributed by atoms with Gasteiger partial charge in [0.15, 0.2) is 0 Å². The van der Waals surface area contributed by atoms with E-state index in [4.69, 9.17) is 0 Å². The molecule has 1 aliphatic carbocycles. The van der Waals surface area contributed by atoms with E-state index in [0.29, 0.717) is 0 Å². The van der Waals surface area contributed by atoms with Gasteiger partial charge in [-0.15, -0.1) is 0 Å². The Hall–Kier alpha value is -4.94. The Morgan fingerprint density at radius 2 is 1.33 bits per heavy atom. The van der Waals surface area contributed by atoms with Crippen LogP contribution in [0.25, 0.3) is 27.8 Å².